The lowest BCUT2D eigenvalue weighted by molar-refractivity contribution is -0.454. The molecule has 0 saturated carbocycles. The van der Waals surface area contributed by atoms with E-state index in [1.807, 2.05) is 0 Å². The van der Waals surface area contributed by atoms with Gasteiger partial charge in [0.2, 0.25) is 5.82 Å². The number of rotatable bonds is 6. The molecule has 0 aliphatic heterocycles. The summed E-state index contributed by atoms with van der Waals surface area (Å²) in [6.45, 7) is 0. The standard InChI is InChI=1S/C10H2F15N3/c11-4(12,3-27-1-26-2-28-3)5(13,14)6(15,16)7(17,18)8(19,20)9(21,22)10(23,24)25/h1-2H. The number of hydrogen-bond donors (Lipinski definition) is 0. The van der Waals surface area contributed by atoms with E-state index in [2.05, 4.69) is 15.0 Å². The molecule has 0 amide bonds. The SMILES string of the molecule is FC(F)(F)C(F)(F)C(F)(F)C(F)(F)C(F)(F)C(F)(F)C(F)(F)c1ncncn1. The van der Waals surface area contributed by atoms with Gasteiger partial charge in [0.25, 0.3) is 0 Å². The van der Waals surface area contributed by atoms with E-state index < -0.39 is 47.5 Å². The summed E-state index contributed by atoms with van der Waals surface area (Å²) >= 11 is 0. The van der Waals surface area contributed by atoms with Crippen LogP contribution in [0.3, 0.4) is 0 Å². The molecule has 0 atom stereocenters. The minimum Gasteiger partial charge on any atom is -0.225 e. The topological polar surface area (TPSA) is 38.7 Å². The zero-order chi connectivity index (χ0) is 22.6. The van der Waals surface area contributed by atoms with Crippen LogP contribution in [-0.2, 0) is 5.92 Å². The Kier molecular flexibility index (Phi) is 5.34. The highest BCUT2D eigenvalue weighted by Gasteiger charge is 2.93. The van der Waals surface area contributed by atoms with Crippen LogP contribution in [0.5, 0.6) is 0 Å². The molecule has 0 fully saturated rings. The van der Waals surface area contributed by atoms with Crippen LogP contribution in [-0.4, -0.2) is 50.7 Å². The van der Waals surface area contributed by atoms with E-state index in [-0.39, 0.29) is 12.7 Å². The van der Waals surface area contributed by atoms with E-state index in [0.717, 1.165) is 0 Å². The van der Waals surface area contributed by atoms with Crippen molar-refractivity contribution < 1.29 is 65.9 Å². The Morgan fingerprint density at radius 2 is 0.786 bits per heavy atom. The number of hydrogen-bond acceptors (Lipinski definition) is 3. The molecular formula is C10H2F15N3. The van der Waals surface area contributed by atoms with Crippen LogP contribution < -0.4 is 0 Å². The maximum atomic E-state index is 13.5. The summed E-state index contributed by atoms with van der Waals surface area (Å²) in [6.07, 6.45) is -7.73. The van der Waals surface area contributed by atoms with Gasteiger partial charge in [-0.3, -0.25) is 0 Å². The normalized spacial score (nSPS) is 15.7. The van der Waals surface area contributed by atoms with Crippen LogP contribution in [0.4, 0.5) is 65.9 Å². The van der Waals surface area contributed by atoms with Gasteiger partial charge in [0.15, 0.2) is 0 Å². The molecule has 0 N–H and O–H groups in total. The maximum Gasteiger partial charge on any atom is 0.460 e. The van der Waals surface area contributed by atoms with Crippen LogP contribution >= 0.6 is 0 Å². The maximum absolute atomic E-state index is 13.5. The predicted octanol–water partition coefficient (Wildman–Crippen LogP) is 4.70. The lowest BCUT2D eigenvalue weighted by Crippen LogP contribution is -2.72. The van der Waals surface area contributed by atoms with E-state index >= 15 is 0 Å². The molecule has 0 bridgehead atoms. The second-order valence-electron chi connectivity index (χ2n) is 4.91. The summed E-state index contributed by atoms with van der Waals surface area (Å²) in [5.41, 5.74) is 0. The first-order chi connectivity index (χ1) is 12.1. The lowest BCUT2D eigenvalue weighted by Gasteiger charge is -2.41. The monoisotopic (exact) mass is 449 g/mol. The van der Waals surface area contributed by atoms with Crippen LogP contribution in [0.2, 0.25) is 0 Å². The summed E-state index contributed by atoms with van der Waals surface area (Å²) in [4.78, 5) is 7.20. The molecule has 0 radical (unpaired) electrons. The van der Waals surface area contributed by atoms with E-state index in [0.29, 0.717) is 0 Å². The first-order valence-electron chi connectivity index (χ1n) is 6.06. The average molecular weight is 449 g/mol. The third-order valence-electron chi connectivity index (χ3n) is 3.10. The van der Waals surface area contributed by atoms with E-state index in [1.54, 1.807) is 0 Å². The molecule has 0 aliphatic carbocycles. The van der Waals surface area contributed by atoms with Crippen molar-refractivity contribution in [1.29, 1.82) is 0 Å². The van der Waals surface area contributed by atoms with E-state index in [4.69, 9.17) is 0 Å². The fourth-order valence-electron chi connectivity index (χ4n) is 1.51. The fraction of sp³-hybridized carbons (Fsp3) is 0.700. The minimum absolute atomic E-state index is 0.0466. The highest BCUT2D eigenvalue weighted by atomic mass is 19.4. The van der Waals surface area contributed by atoms with Gasteiger partial charge >= 0.3 is 41.7 Å². The molecule has 0 spiro atoms. The first-order valence-corrected chi connectivity index (χ1v) is 6.06. The van der Waals surface area contributed by atoms with Gasteiger partial charge in [0.1, 0.15) is 12.7 Å². The van der Waals surface area contributed by atoms with Crippen LogP contribution in [0.15, 0.2) is 12.7 Å². The predicted molar refractivity (Wildman–Crippen MR) is 54.5 cm³/mol. The smallest absolute Gasteiger partial charge is 0.225 e. The van der Waals surface area contributed by atoms with Crippen molar-refractivity contribution in [2.75, 3.05) is 0 Å². The summed E-state index contributed by atoms with van der Waals surface area (Å²) in [7, 11) is 0. The van der Waals surface area contributed by atoms with Gasteiger partial charge in [-0.25, -0.2) is 15.0 Å². The van der Waals surface area contributed by atoms with Crippen molar-refractivity contribution in [2.45, 2.75) is 41.7 Å². The molecule has 0 saturated heterocycles. The molecule has 28 heavy (non-hydrogen) atoms. The van der Waals surface area contributed by atoms with Gasteiger partial charge in [-0.15, -0.1) is 0 Å². The molecule has 1 heterocycles. The van der Waals surface area contributed by atoms with Gasteiger partial charge in [0.05, 0.1) is 0 Å². The lowest BCUT2D eigenvalue weighted by atomic mass is 9.91. The largest absolute Gasteiger partial charge is 0.460 e. The van der Waals surface area contributed by atoms with Crippen molar-refractivity contribution >= 4 is 0 Å². The Labute approximate surface area is 142 Å². The van der Waals surface area contributed by atoms with E-state index in [1.165, 1.54) is 0 Å². The highest BCUT2D eigenvalue weighted by molar-refractivity contribution is 5.15. The van der Waals surface area contributed by atoms with Crippen molar-refractivity contribution in [2.24, 2.45) is 0 Å². The average Bonchev–Trinajstić information content (AvgIpc) is 2.53. The van der Waals surface area contributed by atoms with Gasteiger partial charge < -0.3 is 0 Å². The van der Waals surface area contributed by atoms with E-state index in [9.17, 15) is 65.9 Å². The molecule has 0 unspecified atom stereocenters. The number of halogens is 15. The number of alkyl halides is 15. The van der Waals surface area contributed by atoms with Crippen molar-refractivity contribution in [1.82, 2.24) is 15.0 Å². The Morgan fingerprint density at radius 3 is 1.14 bits per heavy atom. The molecule has 3 nitrogen and oxygen atoms in total. The molecule has 1 aromatic heterocycles. The number of nitrogens with zero attached hydrogens (tertiary/aromatic N) is 3. The Bertz CT molecular complexity index is 696. The van der Waals surface area contributed by atoms with Crippen LogP contribution in [0, 0.1) is 0 Å². The summed E-state index contributed by atoms with van der Waals surface area (Å²) in [5.74, 6) is -49.8. The van der Waals surface area contributed by atoms with Crippen molar-refractivity contribution in [3.05, 3.63) is 18.5 Å². The number of aromatic nitrogens is 3. The Balaban J connectivity index is 3.62. The van der Waals surface area contributed by atoms with Crippen LogP contribution in [0.25, 0.3) is 0 Å². The second-order valence-corrected chi connectivity index (χ2v) is 4.91. The molecule has 162 valence electrons. The summed E-state index contributed by atoms with van der Waals surface area (Å²) < 4.78 is 194. The molecule has 1 rings (SSSR count). The highest BCUT2D eigenvalue weighted by Crippen LogP contribution is 2.63. The van der Waals surface area contributed by atoms with Crippen molar-refractivity contribution in [3.8, 4) is 0 Å². The second kappa shape index (κ2) is 6.23. The van der Waals surface area contributed by atoms with Gasteiger partial charge in [0, 0.05) is 0 Å². The van der Waals surface area contributed by atoms with Gasteiger partial charge in [-0.2, -0.15) is 65.9 Å². The third-order valence-corrected chi connectivity index (χ3v) is 3.10. The van der Waals surface area contributed by atoms with Gasteiger partial charge in [-0.05, 0) is 0 Å². The minimum atomic E-state index is -8.33. The summed E-state index contributed by atoms with van der Waals surface area (Å²) in [5, 5.41) is 0. The first kappa shape index (κ1) is 24.0. The molecule has 0 aliphatic rings. The molecule has 0 aromatic carbocycles. The Morgan fingerprint density at radius 1 is 0.464 bits per heavy atom. The molecule has 18 heteroatoms. The van der Waals surface area contributed by atoms with Crippen LogP contribution in [0.1, 0.15) is 5.82 Å². The fourth-order valence-corrected chi connectivity index (χ4v) is 1.51. The zero-order valence-corrected chi connectivity index (χ0v) is 12.2. The Hall–Kier alpha value is -2.04. The quantitative estimate of drug-likeness (QED) is 0.592. The van der Waals surface area contributed by atoms with Gasteiger partial charge in [-0.1, -0.05) is 0 Å². The molecular weight excluding hydrogens is 447 g/mol. The molecule has 1 aromatic rings. The zero-order valence-electron chi connectivity index (χ0n) is 12.2. The third kappa shape index (κ3) is 2.90. The van der Waals surface area contributed by atoms with Crippen molar-refractivity contribution in [3.63, 3.8) is 0 Å². The summed E-state index contributed by atoms with van der Waals surface area (Å²) in [6, 6.07) is 0.